The largest absolute Gasteiger partial charge is 0.282 e. The van der Waals surface area contributed by atoms with Gasteiger partial charge in [-0.3, -0.25) is 4.21 Å². The first-order valence-corrected chi connectivity index (χ1v) is 10.1. The van der Waals surface area contributed by atoms with E-state index in [-0.39, 0.29) is 5.69 Å². The van der Waals surface area contributed by atoms with Gasteiger partial charge in [-0.2, -0.15) is 5.10 Å². The van der Waals surface area contributed by atoms with E-state index in [0.29, 0.717) is 21.3 Å². The molecular formula is C18H13F2N3OS2. The topological polar surface area (TPSA) is 47.8 Å². The molecule has 0 spiro atoms. The molecule has 2 heterocycles. The molecule has 2 aromatic heterocycles. The van der Waals surface area contributed by atoms with Crippen LogP contribution < -0.4 is 0 Å². The van der Waals surface area contributed by atoms with Crippen LogP contribution in [0.2, 0.25) is 0 Å². The SMILES string of the molecule is CS(=O)c1ccc(-c2cc(C(F)F)nn2-c2nc3ccccc3s2)cc1. The van der Waals surface area contributed by atoms with Crippen molar-refractivity contribution >= 4 is 32.4 Å². The van der Waals surface area contributed by atoms with Crippen molar-refractivity contribution in [2.75, 3.05) is 6.26 Å². The van der Waals surface area contributed by atoms with Crippen molar-refractivity contribution in [2.24, 2.45) is 0 Å². The summed E-state index contributed by atoms with van der Waals surface area (Å²) >= 11 is 1.39. The third kappa shape index (κ3) is 3.06. The molecule has 0 saturated heterocycles. The van der Waals surface area contributed by atoms with Gasteiger partial charge in [-0.25, -0.2) is 18.4 Å². The van der Waals surface area contributed by atoms with Crippen LogP contribution in [-0.4, -0.2) is 25.2 Å². The van der Waals surface area contributed by atoms with E-state index < -0.39 is 17.2 Å². The maximum absolute atomic E-state index is 13.2. The number of benzene rings is 2. The molecule has 0 aliphatic heterocycles. The van der Waals surface area contributed by atoms with Crippen LogP contribution in [0.5, 0.6) is 0 Å². The zero-order chi connectivity index (χ0) is 18.3. The van der Waals surface area contributed by atoms with Crippen molar-refractivity contribution in [1.82, 2.24) is 14.8 Å². The number of hydrogen-bond acceptors (Lipinski definition) is 4. The number of aromatic nitrogens is 3. The van der Waals surface area contributed by atoms with E-state index in [0.717, 1.165) is 10.2 Å². The number of thiazole rings is 1. The van der Waals surface area contributed by atoms with Crippen LogP contribution in [0.25, 0.3) is 26.6 Å². The van der Waals surface area contributed by atoms with Gasteiger partial charge in [-0.1, -0.05) is 35.6 Å². The monoisotopic (exact) mass is 389 g/mol. The molecule has 132 valence electrons. The second-order valence-electron chi connectivity index (χ2n) is 5.61. The molecule has 8 heteroatoms. The molecule has 0 aliphatic rings. The summed E-state index contributed by atoms with van der Waals surface area (Å²) in [6, 6.07) is 15.9. The average molecular weight is 389 g/mol. The Labute approximate surface area is 154 Å². The first-order chi connectivity index (χ1) is 12.5. The molecular weight excluding hydrogens is 376 g/mol. The Hall–Kier alpha value is -2.45. The second kappa shape index (κ2) is 6.69. The van der Waals surface area contributed by atoms with Crippen molar-refractivity contribution in [2.45, 2.75) is 11.3 Å². The van der Waals surface area contributed by atoms with E-state index in [9.17, 15) is 13.0 Å². The summed E-state index contributed by atoms with van der Waals surface area (Å²) in [5.41, 5.74) is 1.72. The highest BCUT2D eigenvalue weighted by Crippen LogP contribution is 2.32. The molecule has 0 aliphatic carbocycles. The summed E-state index contributed by atoms with van der Waals surface area (Å²) < 4.78 is 40.4. The number of halogens is 2. The number of rotatable bonds is 4. The summed E-state index contributed by atoms with van der Waals surface area (Å²) in [6.45, 7) is 0. The lowest BCUT2D eigenvalue weighted by atomic mass is 10.1. The fourth-order valence-electron chi connectivity index (χ4n) is 2.63. The van der Waals surface area contributed by atoms with Gasteiger partial charge in [0.15, 0.2) is 0 Å². The van der Waals surface area contributed by atoms with Gasteiger partial charge < -0.3 is 0 Å². The average Bonchev–Trinajstić information content (AvgIpc) is 3.26. The van der Waals surface area contributed by atoms with Crippen molar-refractivity contribution < 1.29 is 13.0 Å². The molecule has 0 N–H and O–H groups in total. The van der Waals surface area contributed by atoms with Crippen molar-refractivity contribution in [3.63, 3.8) is 0 Å². The van der Waals surface area contributed by atoms with Crippen molar-refractivity contribution in [3.05, 3.63) is 60.3 Å². The van der Waals surface area contributed by atoms with Crippen LogP contribution in [0.15, 0.2) is 59.5 Å². The summed E-state index contributed by atoms with van der Waals surface area (Å²) in [5.74, 6) is 0. The van der Waals surface area contributed by atoms with Crippen molar-refractivity contribution in [1.29, 1.82) is 0 Å². The molecule has 0 saturated carbocycles. The molecule has 4 nitrogen and oxygen atoms in total. The number of alkyl halides is 2. The molecule has 0 fully saturated rings. The van der Waals surface area contributed by atoms with Gasteiger partial charge in [0.25, 0.3) is 6.43 Å². The molecule has 4 rings (SSSR count). The van der Waals surface area contributed by atoms with E-state index in [1.807, 2.05) is 24.3 Å². The van der Waals surface area contributed by atoms with Crippen LogP contribution in [0.1, 0.15) is 12.1 Å². The standard InChI is InChI=1S/C18H13F2N3OS2/c1-26(24)12-8-6-11(7-9-12)15-10-14(17(19)20)22-23(15)18-21-13-4-2-3-5-16(13)25-18/h2-10,17H,1H3. The molecule has 0 radical (unpaired) electrons. The van der Waals surface area contributed by atoms with Gasteiger partial charge >= 0.3 is 0 Å². The first kappa shape index (κ1) is 17.0. The Balaban J connectivity index is 1.87. The van der Waals surface area contributed by atoms with Crippen LogP contribution in [0, 0.1) is 0 Å². The summed E-state index contributed by atoms with van der Waals surface area (Å²) in [4.78, 5) is 5.19. The third-order valence-electron chi connectivity index (χ3n) is 3.90. The van der Waals surface area contributed by atoms with Gasteiger partial charge in [-0.05, 0) is 30.3 Å². The predicted octanol–water partition coefficient (Wildman–Crippen LogP) is 4.82. The zero-order valence-electron chi connectivity index (χ0n) is 13.6. The Morgan fingerprint density at radius 3 is 2.50 bits per heavy atom. The molecule has 1 unspecified atom stereocenters. The maximum Gasteiger partial charge on any atom is 0.282 e. The maximum atomic E-state index is 13.2. The number of para-hydroxylation sites is 1. The normalized spacial score (nSPS) is 12.8. The van der Waals surface area contributed by atoms with E-state index in [2.05, 4.69) is 10.1 Å². The smallest absolute Gasteiger partial charge is 0.255 e. The minimum atomic E-state index is -2.67. The lowest BCUT2D eigenvalue weighted by molar-refractivity contribution is 0.145. The molecule has 26 heavy (non-hydrogen) atoms. The summed E-state index contributed by atoms with van der Waals surface area (Å²) in [6.07, 6.45) is -1.08. The molecule has 4 aromatic rings. The molecule has 0 bridgehead atoms. The Bertz CT molecular complexity index is 1070. The zero-order valence-corrected chi connectivity index (χ0v) is 15.2. The third-order valence-corrected chi connectivity index (χ3v) is 5.85. The fraction of sp³-hybridized carbons (Fsp3) is 0.111. The number of nitrogens with zero attached hydrogens (tertiary/aromatic N) is 3. The minimum absolute atomic E-state index is 0.303. The molecule has 1 atom stereocenters. The second-order valence-corrected chi connectivity index (χ2v) is 8.00. The van der Waals surface area contributed by atoms with Gasteiger partial charge in [0.05, 0.1) is 15.9 Å². The van der Waals surface area contributed by atoms with Crippen LogP contribution in [0.4, 0.5) is 8.78 Å². The van der Waals surface area contributed by atoms with Gasteiger partial charge in [0, 0.05) is 27.5 Å². The molecule has 0 amide bonds. The highest BCUT2D eigenvalue weighted by molar-refractivity contribution is 7.84. The Kier molecular flexibility index (Phi) is 4.37. The summed E-state index contributed by atoms with van der Waals surface area (Å²) in [5, 5.41) is 4.59. The highest BCUT2D eigenvalue weighted by Gasteiger charge is 2.19. The highest BCUT2D eigenvalue weighted by atomic mass is 32.2. The summed E-state index contributed by atoms with van der Waals surface area (Å²) in [7, 11) is -1.10. The van der Waals surface area contributed by atoms with E-state index in [4.69, 9.17) is 0 Å². The van der Waals surface area contributed by atoms with Crippen LogP contribution in [0.3, 0.4) is 0 Å². The number of hydrogen-bond donors (Lipinski definition) is 0. The first-order valence-electron chi connectivity index (χ1n) is 7.71. The Morgan fingerprint density at radius 2 is 1.85 bits per heavy atom. The van der Waals surface area contributed by atoms with Gasteiger partial charge in [0.1, 0.15) is 5.69 Å². The van der Waals surface area contributed by atoms with E-state index in [1.165, 1.54) is 22.1 Å². The van der Waals surface area contributed by atoms with Crippen molar-refractivity contribution in [3.8, 4) is 16.4 Å². The Morgan fingerprint density at radius 1 is 1.12 bits per heavy atom. The van der Waals surface area contributed by atoms with E-state index in [1.54, 1.807) is 30.5 Å². The predicted molar refractivity (Wildman–Crippen MR) is 99.5 cm³/mol. The van der Waals surface area contributed by atoms with E-state index >= 15 is 0 Å². The quantitative estimate of drug-likeness (QED) is 0.503. The molecule has 2 aromatic carbocycles. The minimum Gasteiger partial charge on any atom is -0.255 e. The lowest BCUT2D eigenvalue weighted by Crippen LogP contribution is -1.99. The fourth-order valence-corrected chi connectivity index (χ4v) is 4.08. The van der Waals surface area contributed by atoms with Gasteiger partial charge in [0.2, 0.25) is 5.13 Å². The lowest BCUT2D eigenvalue weighted by Gasteiger charge is -2.05. The van der Waals surface area contributed by atoms with Gasteiger partial charge in [-0.15, -0.1) is 0 Å². The number of fused-ring (bicyclic) bond motifs is 1. The van der Waals surface area contributed by atoms with Crippen LogP contribution in [-0.2, 0) is 10.8 Å². The van der Waals surface area contributed by atoms with Crippen LogP contribution >= 0.6 is 11.3 Å².